The van der Waals surface area contributed by atoms with E-state index >= 15 is 0 Å². The molecule has 0 bridgehead atoms. The van der Waals surface area contributed by atoms with Crippen LogP contribution >= 0.6 is 0 Å². The van der Waals surface area contributed by atoms with Crippen LogP contribution in [0.4, 0.5) is 0 Å². The molecule has 8 nitrogen and oxygen atoms in total. The summed E-state index contributed by atoms with van der Waals surface area (Å²) in [6, 6.07) is 8.73. The quantitative estimate of drug-likeness (QED) is 0.642. The monoisotopic (exact) mass is 422 g/mol. The zero-order valence-electron chi connectivity index (χ0n) is 18.0. The van der Waals surface area contributed by atoms with Gasteiger partial charge in [-0.1, -0.05) is 12.1 Å². The average molecular weight is 422 g/mol. The molecule has 0 N–H and O–H groups in total. The zero-order valence-corrected chi connectivity index (χ0v) is 18.0. The van der Waals surface area contributed by atoms with Crippen molar-refractivity contribution in [3.05, 3.63) is 68.6 Å². The van der Waals surface area contributed by atoms with E-state index in [1.54, 1.807) is 16.5 Å². The number of pyridine rings is 1. The fourth-order valence-corrected chi connectivity index (χ4v) is 4.18. The third kappa shape index (κ3) is 3.97. The summed E-state index contributed by atoms with van der Waals surface area (Å²) < 4.78 is 8.38. The topological polar surface area (TPSA) is 86.4 Å². The van der Waals surface area contributed by atoms with Crippen molar-refractivity contribution in [3.63, 3.8) is 0 Å². The van der Waals surface area contributed by atoms with E-state index in [-0.39, 0.29) is 22.9 Å². The van der Waals surface area contributed by atoms with Crippen molar-refractivity contribution in [2.45, 2.75) is 26.3 Å². The molecule has 0 radical (unpaired) electrons. The highest BCUT2D eigenvalue weighted by molar-refractivity contribution is 5.96. The van der Waals surface area contributed by atoms with Gasteiger partial charge in [-0.3, -0.25) is 19.0 Å². The van der Waals surface area contributed by atoms with E-state index in [0.717, 1.165) is 12.8 Å². The first-order valence-electron chi connectivity index (χ1n) is 10.4. The largest absolute Gasteiger partial charge is 0.496 e. The average Bonchev–Trinajstić information content (AvgIpc) is 2.78. The van der Waals surface area contributed by atoms with Crippen molar-refractivity contribution < 1.29 is 9.53 Å². The molecule has 2 aromatic heterocycles. The van der Waals surface area contributed by atoms with Gasteiger partial charge in [0.15, 0.2) is 0 Å². The number of likely N-dealkylation sites (tertiary alicyclic amines) is 1. The van der Waals surface area contributed by atoms with E-state index < -0.39 is 0 Å². The van der Waals surface area contributed by atoms with Gasteiger partial charge in [-0.05, 0) is 37.8 Å². The minimum absolute atomic E-state index is 0.0171. The van der Waals surface area contributed by atoms with Crippen LogP contribution in [0.25, 0.3) is 10.9 Å². The summed E-state index contributed by atoms with van der Waals surface area (Å²) in [6.45, 7) is 3.63. The molecule has 0 saturated carbocycles. The Morgan fingerprint density at radius 3 is 2.61 bits per heavy atom. The second kappa shape index (κ2) is 8.37. The fourth-order valence-electron chi connectivity index (χ4n) is 4.18. The molecule has 3 heterocycles. The number of rotatable bonds is 4. The summed E-state index contributed by atoms with van der Waals surface area (Å²) in [5.74, 6) is 1.13. The molecule has 31 heavy (non-hydrogen) atoms. The van der Waals surface area contributed by atoms with E-state index in [1.165, 1.54) is 23.9 Å². The maximum Gasteiger partial charge on any atom is 0.261 e. The predicted octanol–water partition coefficient (Wildman–Crippen LogP) is 1.96. The van der Waals surface area contributed by atoms with Crippen LogP contribution in [0.3, 0.4) is 0 Å². The van der Waals surface area contributed by atoms with E-state index in [9.17, 15) is 14.4 Å². The van der Waals surface area contributed by atoms with Gasteiger partial charge in [0.2, 0.25) is 0 Å². The van der Waals surface area contributed by atoms with Crippen molar-refractivity contribution in [1.29, 1.82) is 0 Å². The van der Waals surface area contributed by atoms with Crippen LogP contribution in [0.2, 0.25) is 0 Å². The molecule has 0 unspecified atom stereocenters. The number of methoxy groups -OCH3 is 1. The zero-order chi connectivity index (χ0) is 22.1. The van der Waals surface area contributed by atoms with Gasteiger partial charge in [-0.25, -0.2) is 4.98 Å². The summed E-state index contributed by atoms with van der Waals surface area (Å²) in [4.78, 5) is 44.1. The van der Waals surface area contributed by atoms with E-state index in [0.29, 0.717) is 47.7 Å². The van der Waals surface area contributed by atoms with Crippen molar-refractivity contribution in [3.8, 4) is 5.75 Å². The van der Waals surface area contributed by atoms with Crippen LogP contribution in [0.5, 0.6) is 5.75 Å². The van der Waals surface area contributed by atoms with Crippen LogP contribution in [0, 0.1) is 12.8 Å². The molecule has 0 spiro atoms. The number of benzene rings is 1. The number of hydrogen-bond donors (Lipinski definition) is 0. The maximum absolute atomic E-state index is 13.0. The molecule has 0 atom stereocenters. The number of carbonyl (C=O) groups excluding carboxylic acids is 1. The smallest absolute Gasteiger partial charge is 0.261 e. The molecule has 1 saturated heterocycles. The van der Waals surface area contributed by atoms with Crippen LogP contribution in [-0.4, -0.2) is 45.1 Å². The molecule has 4 rings (SSSR count). The third-order valence-electron chi connectivity index (χ3n) is 6.04. The summed E-state index contributed by atoms with van der Waals surface area (Å²) in [5.41, 5.74) is 0.857. The maximum atomic E-state index is 13.0. The van der Waals surface area contributed by atoms with Crippen molar-refractivity contribution in [1.82, 2.24) is 19.0 Å². The van der Waals surface area contributed by atoms with Crippen molar-refractivity contribution >= 4 is 16.8 Å². The fraction of sp³-hybridized carbons (Fsp3) is 0.391. The van der Waals surface area contributed by atoms with E-state index in [2.05, 4.69) is 4.98 Å². The first-order valence-corrected chi connectivity index (χ1v) is 10.4. The second-order valence-electron chi connectivity index (χ2n) is 8.03. The van der Waals surface area contributed by atoms with Gasteiger partial charge in [0.25, 0.3) is 17.0 Å². The van der Waals surface area contributed by atoms with Crippen molar-refractivity contribution in [2.75, 3.05) is 20.2 Å². The van der Waals surface area contributed by atoms with Crippen molar-refractivity contribution in [2.24, 2.45) is 13.0 Å². The second-order valence-corrected chi connectivity index (χ2v) is 8.03. The summed E-state index contributed by atoms with van der Waals surface area (Å²) in [5, 5.41) is 0.627. The minimum Gasteiger partial charge on any atom is -0.496 e. The van der Waals surface area contributed by atoms with Crippen LogP contribution < -0.4 is 15.9 Å². The Labute approximate surface area is 179 Å². The Morgan fingerprint density at radius 2 is 1.90 bits per heavy atom. The van der Waals surface area contributed by atoms with Gasteiger partial charge in [0.05, 0.1) is 23.6 Å². The molecule has 1 fully saturated rings. The number of aromatic nitrogens is 3. The third-order valence-corrected chi connectivity index (χ3v) is 6.04. The molecule has 3 aromatic rings. The first-order chi connectivity index (χ1) is 14.9. The molecule has 0 aliphatic carbocycles. The van der Waals surface area contributed by atoms with E-state index in [1.807, 2.05) is 31.2 Å². The Morgan fingerprint density at radius 1 is 1.19 bits per heavy atom. The van der Waals surface area contributed by atoms with Gasteiger partial charge in [-0.2, -0.15) is 0 Å². The molecule has 162 valence electrons. The summed E-state index contributed by atoms with van der Waals surface area (Å²) in [6.07, 6.45) is 3.11. The number of nitrogens with zero attached hydrogens (tertiary/aromatic N) is 4. The molecule has 1 aliphatic rings. The lowest BCUT2D eigenvalue weighted by Crippen LogP contribution is -2.40. The number of ether oxygens (including phenoxy) is 1. The molecule has 1 amide bonds. The minimum atomic E-state index is -0.225. The lowest BCUT2D eigenvalue weighted by Gasteiger charge is -2.32. The number of hydrogen-bond acceptors (Lipinski definition) is 5. The number of fused-ring (bicyclic) bond motifs is 1. The molecular formula is C23H26N4O4. The van der Waals surface area contributed by atoms with Gasteiger partial charge in [-0.15, -0.1) is 0 Å². The molecule has 1 aromatic carbocycles. The normalized spacial score (nSPS) is 14.7. The number of piperidine rings is 1. The van der Waals surface area contributed by atoms with Crippen LogP contribution in [0.1, 0.15) is 29.0 Å². The number of carbonyl (C=O) groups is 1. The highest BCUT2D eigenvalue weighted by atomic mass is 16.5. The lowest BCUT2D eigenvalue weighted by atomic mass is 9.96. The SMILES string of the molecule is COc1cc(=O)n(C)cc1C(=O)N1CCC(Cn2c(C)nc3ccccc3c2=O)CC1. The Balaban J connectivity index is 1.48. The standard InChI is InChI=1S/C23H26N4O4/c1-15-24-19-7-5-4-6-17(19)23(30)27(15)13-16-8-10-26(11-9-16)22(29)18-14-25(2)21(28)12-20(18)31-3/h4-7,12,14,16H,8-11,13H2,1-3H3. The van der Waals surface area contributed by atoms with Gasteiger partial charge >= 0.3 is 0 Å². The number of amides is 1. The molecular weight excluding hydrogens is 396 g/mol. The molecule has 1 aliphatic heterocycles. The van der Waals surface area contributed by atoms with Gasteiger partial charge in [0, 0.05) is 38.9 Å². The van der Waals surface area contributed by atoms with Crippen LogP contribution in [0.15, 0.2) is 46.1 Å². The highest BCUT2D eigenvalue weighted by Gasteiger charge is 2.27. The first kappa shape index (κ1) is 20.8. The molecule has 8 heteroatoms. The van der Waals surface area contributed by atoms with Gasteiger partial charge < -0.3 is 14.2 Å². The van der Waals surface area contributed by atoms with Crippen LogP contribution in [-0.2, 0) is 13.6 Å². The Kier molecular flexibility index (Phi) is 5.63. The Hall–Kier alpha value is -3.42. The highest BCUT2D eigenvalue weighted by Crippen LogP contribution is 2.24. The van der Waals surface area contributed by atoms with Gasteiger partial charge in [0.1, 0.15) is 11.6 Å². The summed E-state index contributed by atoms with van der Waals surface area (Å²) >= 11 is 0. The number of aryl methyl sites for hydroxylation is 2. The number of para-hydroxylation sites is 1. The summed E-state index contributed by atoms with van der Waals surface area (Å²) in [7, 11) is 3.07. The Bertz CT molecular complexity index is 1250. The predicted molar refractivity (Wildman–Crippen MR) is 118 cm³/mol. The van der Waals surface area contributed by atoms with E-state index in [4.69, 9.17) is 4.74 Å². The lowest BCUT2D eigenvalue weighted by molar-refractivity contribution is 0.0677.